The predicted octanol–water partition coefficient (Wildman–Crippen LogP) is 5.20. The molecule has 1 aliphatic heterocycles. The van der Waals surface area contributed by atoms with Gasteiger partial charge in [-0.3, -0.25) is 14.9 Å². The van der Waals surface area contributed by atoms with E-state index in [1.807, 2.05) is 67.8 Å². The number of nitrogens with zero attached hydrogens (tertiary/aromatic N) is 3. The van der Waals surface area contributed by atoms with Gasteiger partial charge >= 0.3 is 0 Å². The van der Waals surface area contributed by atoms with Crippen molar-refractivity contribution in [2.45, 2.75) is 20.8 Å². The van der Waals surface area contributed by atoms with Crippen molar-refractivity contribution in [3.8, 4) is 5.69 Å². The van der Waals surface area contributed by atoms with Crippen LogP contribution in [0.3, 0.4) is 0 Å². The topological polar surface area (TPSA) is 89.5 Å². The van der Waals surface area contributed by atoms with Crippen molar-refractivity contribution in [3.63, 3.8) is 0 Å². The van der Waals surface area contributed by atoms with Gasteiger partial charge in [0.25, 0.3) is 11.6 Å². The Bertz CT molecular complexity index is 1260. The molecule has 1 amide bonds. The summed E-state index contributed by atoms with van der Waals surface area (Å²) in [6, 6.07) is 16.2. The van der Waals surface area contributed by atoms with Crippen LogP contribution in [0, 0.1) is 30.9 Å². The molecule has 0 bridgehead atoms. The lowest BCUT2D eigenvalue weighted by Gasteiger charge is -2.09. The van der Waals surface area contributed by atoms with E-state index in [1.165, 1.54) is 17.8 Å². The fraction of sp³-hybridized carbons (Fsp3) is 0.130. The Morgan fingerprint density at radius 2 is 1.84 bits per heavy atom. The number of benzene rings is 2. The number of thioether (sulfide) groups is 1. The number of amides is 1. The maximum atomic E-state index is 12.5. The third-order valence-electron chi connectivity index (χ3n) is 4.97. The molecule has 1 fully saturated rings. The second-order valence-electron chi connectivity index (χ2n) is 7.26. The van der Waals surface area contributed by atoms with Gasteiger partial charge in [0, 0.05) is 23.5 Å². The van der Waals surface area contributed by atoms with Crippen molar-refractivity contribution in [2.75, 3.05) is 0 Å². The van der Waals surface area contributed by atoms with Gasteiger partial charge in [-0.1, -0.05) is 23.8 Å². The molecule has 1 aromatic heterocycles. The molecule has 8 heteroatoms. The zero-order chi connectivity index (χ0) is 22.1. The van der Waals surface area contributed by atoms with Gasteiger partial charge in [0.2, 0.25) is 0 Å². The Kier molecular flexibility index (Phi) is 5.48. The second kappa shape index (κ2) is 8.23. The van der Waals surface area contributed by atoms with Crippen LogP contribution in [0.2, 0.25) is 0 Å². The highest BCUT2D eigenvalue weighted by atomic mass is 32.2. The molecule has 1 aliphatic rings. The molecular formula is C23H20N4O3S. The quantitative estimate of drug-likeness (QED) is 0.348. The van der Waals surface area contributed by atoms with Crippen molar-refractivity contribution in [3.05, 3.63) is 92.1 Å². The average molecular weight is 433 g/mol. The molecule has 2 aromatic carbocycles. The number of hydrogen-bond donors (Lipinski definition) is 1. The molecule has 3 aromatic rings. The second-order valence-corrected chi connectivity index (χ2v) is 8.29. The summed E-state index contributed by atoms with van der Waals surface area (Å²) in [6.07, 6.45) is 1.83. The first-order chi connectivity index (χ1) is 14.8. The van der Waals surface area contributed by atoms with E-state index < -0.39 is 4.92 Å². The molecule has 1 saturated heterocycles. The fourth-order valence-corrected chi connectivity index (χ4v) is 4.27. The molecule has 7 nitrogen and oxygen atoms in total. The molecular weight excluding hydrogens is 412 g/mol. The number of aryl methyl sites for hydroxylation is 2. The zero-order valence-corrected chi connectivity index (χ0v) is 18.1. The van der Waals surface area contributed by atoms with E-state index in [2.05, 4.69) is 10.3 Å². The molecule has 0 aliphatic carbocycles. The molecule has 1 N–H and O–H groups in total. The lowest BCUT2D eigenvalue weighted by molar-refractivity contribution is -0.384. The van der Waals surface area contributed by atoms with Crippen LogP contribution in [-0.2, 0) is 4.79 Å². The first-order valence-corrected chi connectivity index (χ1v) is 10.4. The van der Waals surface area contributed by atoms with Crippen LogP contribution in [0.25, 0.3) is 11.8 Å². The number of nitrogens with one attached hydrogen (secondary N) is 1. The van der Waals surface area contributed by atoms with E-state index in [4.69, 9.17) is 0 Å². The Hall–Kier alpha value is -3.65. The number of hydrogen-bond acceptors (Lipinski definition) is 5. The number of carbonyl (C=O) groups is 1. The highest BCUT2D eigenvalue weighted by Gasteiger charge is 2.24. The summed E-state index contributed by atoms with van der Waals surface area (Å²) in [5.41, 5.74) is 5.35. The summed E-state index contributed by atoms with van der Waals surface area (Å²) in [4.78, 5) is 28.2. The summed E-state index contributed by atoms with van der Waals surface area (Å²) < 4.78 is 1.94. The van der Waals surface area contributed by atoms with E-state index >= 15 is 0 Å². The minimum absolute atomic E-state index is 0.0348. The van der Waals surface area contributed by atoms with Gasteiger partial charge in [-0.2, -0.15) is 0 Å². The van der Waals surface area contributed by atoms with Gasteiger partial charge in [-0.05, 0) is 68.4 Å². The summed E-state index contributed by atoms with van der Waals surface area (Å²) in [7, 11) is 0. The first-order valence-electron chi connectivity index (χ1n) is 9.62. The third-order valence-corrected chi connectivity index (χ3v) is 5.88. The maximum absolute atomic E-state index is 12.5. The minimum atomic E-state index is -0.408. The molecule has 156 valence electrons. The number of aliphatic imine (C=N–C) groups is 1. The van der Waals surface area contributed by atoms with Crippen molar-refractivity contribution >= 4 is 40.3 Å². The van der Waals surface area contributed by atoms with Crippen LogP contribution in [0.5, 0.6) is 0 Å². The van der Waals surface area contributed by atoms with Gasteiger partial charge in [-0.25, -0.2) is 4.99 Å². The molecule has 2 heterocycles. The van der Waals surface area contributed by atoms with Crippen molar-refractivity contribution in [1.29, 1.82) is 0 Å². The zero-order valence-electron chi connectivity index (χ0n) is 17.2. The summed E-state index contributed by atoms with van der Waals surface area (Å²) >= 11 is 1.29. The highest BCUT2D eigenvalue weighted by molar-refractivity contribution is 8.18. The molecule has 4 rings (SSSR count). The van der Waals surface area contributed by atoms with Crippen LogP contribution in [0.15, 0.2) is 64.5 Å². The smallest absolute Gasteiger partial charge is 0.271 e. The minimum Gasteiger partial charge on any atom is -0.318 e. The van der Waals surface area contributed by atoms with Crippen LogP contribution < -0.4 is 5.32 Å². The molecule has 31 heavy (non-hydrogen) atoms. The number of nitro groups is 1. The number of amidine groups is 1. The van der Waals surface area contributed by atoms with E-state index in [9.17, 15) is 14.9 Å². The summed E-state index contributed by atoms with van der Waals surface area (Å²) in [5.74, 6) is -0.198. The van der Waals surface area contributed by atoms with Gasteiger partial charge in [0.05, 0.1) is 21.2 Å². The summed E-state index contributed by atoms with van der Waals surface area (Å²) in [5, 5.41) is 14.5. The Morgan fingerprint density at radius 3 is 2.55 bits per heavy atom. The average Bonchev–Trinajstić information content (AvgIpc) is 3.22. The lowest BCUT2D eigenvalue weighted by atomic mass is 10.2. The largest absolute Gasteiger partial charge is 0.318 e. The van der Waals surface area contributed by atoms with Crippen LogP contribution in [0.4, 0.5) is 11.4 Å². The molecule has 0 spiro atoms. The number of rotatable bonds is 4. The standard InChI is InChI=1S/C23H20N4O3S/c1-14-7-9-18(10-8-14)24-23-25-22(28)21(31-23)12-17-11-15(2)26(16(17)3)19-5-4-6-20(13-19)27(29)30/h4-13H,1-3H3,(H,24,25,28)/b21-12+. The Morgan fingerprint density at radius 1 is 1.10 bits per heavy atom. The number of nitro benzene ring substituents is 1. The van der Waals surface area contributed by atoms with Crippen LogP contribution >= 0.6 is 11.8 Å². The van der Waals surface area contributed by atoms with E-state index in [-0.39, 0.29) is 11.6 Å². The molecule has 0 unspecified atom stereocenters. The first kappa shape index (κ1) is 20.6. The monoisotopic (exact) mass is 432 g/mol. The Balaban J connectivity index is 1.64. The van der Waals surface area contributed by atoms with E-state index in [1.54, 1.807) is 12.1 Å². The van der Waals surface area contributed by atoms with Gasteiger partial charge in [-0.15, -0.1) is 0 Å². The fourth-order valence-electron chi connectivity index (χ4n) is 3.44. The lowest BCUT2D eigenvalue weighted by Crippen LogP contribution is -2.19. The van der Waals surface area contributed by atoms with Crippen molar-refractivity contribution in [1.82, 2.24) is 9.88 Å². The van der Waals surface area contributed by atoms with E-state index in [0.29, 0.717) is 15.8 Å². The molecule has 0 atom stereocenters. The number of aromatic nitrogens is 1. The van der Waals surface area contributed by atoms with Crippen molar-refractivity contribution in [2.24, 2.45) is 4.99 Å². The van der Waals surface area contributed by atoms with Gasteiger partial charge < -0.3 is 9.88 Å². The highest BCUT2D eigenvalue weighted by Crippen LogP contribution is 2.31. The number of non-ortho nitro benzene ring substituents is 1. The van der Waals surface area contributed by atoms with Gasteiger partial charge in [0.15, 0.2) is 5.17 Å². The van der Waals surface area contributed by atoms with Crippen LogP contribution in [-0.4, -0.2) is 20.6 Å². The SMILES string of the molecule is Cc1ccc(N=C2NC(=O)/C(=C\c3cc(C)n(-c4cccc([N+](=O)[O-])c4)c3C)S2)cc1. The van der Waals surface area contributed by atoms with Crippen molar-refractivity contribution < 1.29 is 9.72 Å². The Labute approximate surface area is 183 Å². The molecule has 0 saturated carbocycles. The molecule has 0 radical (unpaired) electrons. The maximum Gasteiger partial charge on any atom is 0.271 e. The number of carbonyl (C=O) groups excluding carboxylic acids is 1. The van der Waals surface area contributed by atoms with E-state index in [0.717, 1.165) is 28.2 Å². The van der Waals surface area contributed by atoms with Gasteiger partial charge in [0.1, 0.15) is 0 Å². The predicted molar refractivity (Wildman–Crippen MR) is 124 cm³/mol. The third kappa shape index (κ3) is 4.29. The normalized spacial score (nSPS) is 16.2. The summed E-state index contributed by atoms with van der Waals surface area (Å²) in [6.45, 7) is 5.87. The van der Waals surface area contributed by atoms with Crippen LogP contribution in [0.1, 0.15) is 22.5 Å².